The maximum Gasteiger partial charge on any atom is 0.416 e. The number of nitrogens with zero attached hydrogens (tertiary/aromatic N) is 2. The third-order valence-corrected chi connectivity index (χ3v) is 5.91. The highest BCUT2D eigenvalue weighted by Crippen LogP contribution is 2.31. The molecular formula is C15H20F3N3O3S. The Hall–Kier alpha value is -1.65. The van der Waals surface area contributed by atoms with E-state index in [4.69, 9.17) is 0 Å². The van der Waals surface area contributed by atoms with Crippen molar-refractivity contribution in [3.63, 3.8) is 0 Å². The summed E-state index contributed by atoms with van der Waals surface area (Å²) in [6.07, 6.45) is -3.51. The second kappa shape index (κ2) is 7.30. The number of carbonyl (C=O) groups excluding carboxylic acids is 1. The van der Waals surface area contributed by atoms with E-state index in [1.165, 1.54) is 30.5 Å². The van der Waals surface area contributed by atoms with Crippen LogP contribution in [0.3, 0.4) is 0 Å². The van der Waals surface area contributed by atoms with E-state index in [1.807, 2.05) is 0 Å². The van der Waals surface area contributed by atoms with Gasteiger partial charge in [-0.1, -0.05) is 6.07 Å². The van der Waals surface area contributed by atoms with E-state index in [9.17, 15) is 26.4 Å². The summed E-state index contributed by atoms with van der Waals surface area (Å²) in [5.74, 6) is -1.10. The second-order valence-corrected chi connectivity index (χ2v) is 8.20. The molecular weight excluding hydrogens is 359 g/mol. The summed E-state index contributed by atoms with van der Waals surface area (Å²) in [6.45, 7) is 0.319. The lowest BCUT2D eigenvalue weighted by atomic mass is 9.98. The minimum absolute atomic E-state index is 0.00527. The average Bonchev–Trinajstić information content (AvgIpc) is 2.54. The van der Waals surface area contributed by atoms with Gasteiger partial charge < -0.3 is 5.32 Å². The lowest BCUT2D eigenvalue weighted by Crippen LogP contribution is -2.47. The van der Waals surface area contributed by atoms with E-state index in [1.54, 1.807) is 0 Å². The molecule has 0 aliphatic carbocycles. The van der Waals surface area contributed by atoms with Crippen molar-refractivity contribution in [2.24, 2.45) is 5.92 Å². The van der Waals surface area contributed by atoms with Crippen molar-refractivity contribution in [3.05, 3.63) is 29.8 Å². The van der Waals surface area contributed by atoms with Gasteiger partial charge in [0.25, 0.3) is 10.2 Å². The standard InChI is InChI=1S/C15H20F3N3O3S/c1-20(2)25(23,24)21-8-4-5-11(10-21)14(22)19-13-7-3-6-12(9-13)15(16,17)18/h3,6-7,9,11H,4-5,8,10H2,1-2H3,(H,19,22)/t11-/m1/s1. The molecule has 1 N–H and O–H groups in total. The van der Waals surface area contributed by atoms with Crippen LogP contribution in [0.25, 0.3) is 0 Å². The SMILES string of the molecule is CN(C)S(=O)(=O)N1CCC[C@@H](C(=O)Nc2cccc(C(F)(F)F)c2)C1. The topological polar surface area (TPSA) is 69.7 Å². The van der Waals surface area contributed by atoms with E-state index in [0.29, 0.717) is 19.4 Å². The van der Waals surface area contributed by atoms with Crippen molar-refractivity contribution in [2.45, 2.75) is 19.0 Å². The van der Waals surface area contributed by atoms with Crippen LogP contribution < -0.4 is 5.32 Å². The maximum atomic E-state index is 12.7. The Kier molecular flexibility index (Phi) is 5.75. The van der Waals surface area contributed by atoms with Crippen molar-refractivity contribution in [2.75, 3.05) is 32.5 Å². The van der Waals surface area contributed by atoms with Crippen LogP contribution in [0.5, 0.6) is 0 Å². The van der Waals surface area contributed by atoms with Crippen molar-refractivity contribution >= 4 is 21.8 Å². The van der Waals surface area contributed by atoms with Crippen LogP contribution in [-0.4, -0.2) is 50.1 Å². The third kappa shape index (κ3) is 4.71. The van der Waals surface area contributed by atoms with Crippen LogP contribution >= 0.6 is 0 Å². The van der Waals surface area contributed by atoms with Gasteiger partial charge in [0.2, 0.25) is 5.91 Å². The molecule has 1 amide bonds. The molecule has 1 aromatic rings. The molecule has 10 heteroatoms. The number of hydrogen-bond acceptors (Lipinski definition) is 3. The normalized spacial score (nSPS) is 19.8. The maximum absolute atomic E-state index is 12.7. The number of anilines is 1. The van der Waals surface area contributed by atoms with Crippen molar-refractivity contribution in [1.82, 2.24) is 8.61 Å². The number of rotatable bonds is 4. The fourth-order valence-electron chi connectivity index (χ4n) is 2.61. The van der Waals surface area contributed by atoms with Crippen LogP contribution in [0.1, 0.15) is 18.4 Å². The monoisotopic (exact) mass is 379 g/mol. The minimum Gasteiger partial charge on any atom is -0.326 e. The molecule has 0 saturated carbocycles. The predicted molar refractivity (Wildman–Crippen MR) is 87.0 cm³/mol. The number of benzene rings is 1. The van der Waals surface area contributed by atoms with E-state index in [2.05, 4.69) is 5.32 Å². The highest BCUT2D eigenvalue weighted by atomic mass is 32.2. The Morgan fingerprint density at radius 3 is 2.60 bits per heavy atom. The molecule has 0 unspecified atom stereocenters. The second-order valence-electron chi connectivity index (χ2n) is 6.06. The molecule has 6 nitrogen and oxygen atoms in total. The summed E-state index contributed by atoms with van der Waals surface area (Å²) >= 11 is 0. The van der Waals surface area contributed by atoms with Crippen LogP contribution in [0.4, 0.5) is 18.9 Å². The molecule has 25 heavy (non-hydrogen) atoms. The highest BCUT2D eigenvalue weighted by Gasteiger charge is 2.34. The molecule has 1 aliphatic rings. The summed E-state index contributed by atoms with van der Waals surface area (Å²) in [7, 11) is -0.819. The van der Waals surface area contributed by atoms with Gasteiger partial charge in [-0.2, -0.15) is 30.2 Å². The number of amides is 1. The van der Waals surface area contributed by atoms with Gasteiger partial charge in [-0.25, -0.2) is 0 Å². The Morgan fingerprint density at radius 1 is 1.32 bits per heavy atom. The first-order valence-corrected chi connectivity index (χ1v) is 9.07. The fourth-order valence-corrected chi connectivity index (χ4v) is 3.80. The van der Waals surface area contributed by atoms with Gasteiger partial charge in [-0.3, -0.25) is 4.79 Å². The molecule has 2 rings (SSSR count). The van der Waals surface area contributed by atoms with Crippen LogP contribution in [0.15, 0.2) is 24.3 Å². The number of halogens is 3. The first kappa shape index (κ1) is 19.7. The van der Waals surface area contributed by atoms with E-state index in [-0.39, 0.29) is 12.2 Å². The number of hydrogen-bond donors (Lipinski definition) is 1. The number of carbonyl (C=O) groups is 1. The minimum atomic E-state index is -4.50. The van der Waals surface area contributed by atoms with Gasteiger partial charge in [0.1, 0.15) is 0 Å². The number of piperidine rings is 1. The van der Waals surface area contributed by atoms with Gasteiger partial charge in [-0.05, 0) is 31.0 Å². The van der Waals surface area contributed by atoms with E-state index < -0.39 is 33.8 Å². The molecule has 1 fully saturated rings. The smallest absolute Gasteiger partial charge is 0.326 e. The third-order valence-electron chi connectivity index (χ3n) is 4.00. The molecule has 0 spiro atoms. The van der Waals surface area contributed by atoms with Crippen LogP contribution in [0, 0.1) is 5.92 Å². The summed E-state index contributed by atoms with van der Waals surface area (Å²) in [6, 6.07) is 4.35. The Morgan fingerprint density at radius 2 is 2.00 bits per heavy atom. The molecule has 0 radical (unpaired) electrons. The molecule has 140 valence electrons. The summed E-state index contributed by atoms with van der Waals surface area (Å²) in [4.78, 5) is 12.3. The van der Waals surface area contributed by atoms with Crippen molar-refractivity contribution in [1.29, 1.82) is 0 Å². The Labute approximate surface area is 144 Å². The Balaban J connectivity index is 2.09. The molecule has 1 aliphatic heterocycles. The van der Waals surface area contributed by atoms with Gasteiger partial charge in [0.05, 0.1) is 11.5 Å². The zero-order chi connectivity index (χ0) is 18.8. The van der Waals surface area contributed by atoms with Gasteiger partial charge >= 0.3 is 6.18 Å². The molecule has 1 heterocycles. The first-order valence-electron chi connectivity index (χ1n) is 7.67. The van der Waals surface area contributed by atoms with Crippen molar-refractivity contribution < 1.29 is 26.4 Å². The highest BCUT2D eigenvalue weighted by molar-refractivity contribution is 7.86. The van der Waals surface area contributed by atoms with E-state index in [0.717, 1.165) is 16.4 Å². The van der Waals surface area contributed by atoms with Gasteiger partial charge in [0.15, 0.2) is 0 Å². The lowest BCUT2D eigenvalue weighted by Gasteiger charge is -2.32. The van der Waals surface area contributed by atoms with Crippen LogP contribution in [-0.2, 0) is 21.2 Å². The zero-order valence-corrected chi connectivity index (χ0v) is 14.7. The number of alkyl halides is 3. The zero-order valence-electron chi connectivity index (χ0n) is 13.9. The van der Waals surface area contributed by atoms with Crippen LogP contribution in [0.2, 0.25) is 0 Å². The lowest BCUT2D eigenvalue weighted by molar-refractivity contribution is -0.137. The molecule has 0 aromatic heterocycles. The van der Waals surface area contributed by atoms with Gasteiger partial charge in [0, 0.05) is 32.9 Å². The Bertz CT molecular complexity index is 735. The summed E-state index contributed by atoms with van der Waals surface area (Å²) in [5.41, 5.74) is -0.821. The largest absolute Gasteiger partial charge is 0.416 e. The fraction of sp³-hybridized carbons (Fsp3) is 0.533. The summed E-state index contributed by atoms with van der Waals surface area (Å²) < 4.78 is 64.8. The molecule has 1 atom stereocenters. The first-order chi connectivity index (χ1) is 11.5. The molecule has 0 bridgehead atoms. The quantitative estimate of drug-likeness (QED) is 0.872. The van der Waals surface area contributed by atoms with Crippen molar-refractivity contribution in [3.8, 4) is 0 Å². The molecule has 1 saturated heterocycles. The van der Waals surface area contributed by atoms with Gasteiger partial charge in [-0.15, -0.1) is 0 Å². The number of nitrogens with one attached hydrogen (secondary N) is 1. The van der Waals surface area contributed by atoms with E-state index >= 15 is 0 Å². The average molecular weight is 379 g/mol. The molecule has 1 aromatic carbocycles. The summed E-state index contributed by atoms with van der Waals surface area (Å²) in [5, 5.41) is 2.45. The predicted octanol–water partition coefficient (Wildman–Crippen LogP) is 2.16.